The monoisotopic (exact) mass is 281 g/mol. The maximum atomic E-state index is 12.8. The second kappa shape index (κ2) is 5.26. The van der Waals surface area contributed by atoms with Gasteiger partial charge in [0.2, 0.25) is 0 Å². The summed E-state index contributed by atoms with van der Waals surface area (Å²) in [7, 11) is 0. The Hall–Kier alpha value is -1.11. The van der Waals surface area contributed by atoms with Crippen molar-refractivity contribution in [1.82, 2.24) is 0 Å². The molecule has 18 heavy (non-hydrogen) atoms. The van der Waals surface area contributed by atoms with Crippen LogP contribution in [0.15, 0.2) is 18.2 Å². The van der Waals surface area contributed by atoms with E-state index in [0.29, 0.717) is 12.0 Å². The van der Waals surface area contributed by atoms with Crippen molar-refractivity contribution in [3.8, 4) is 11.5 Å². The fraction of sp³-hybridized carbons (Fsp3) is 0.455. The molecule has 0 fully saturated rings. The molecule has 4 nitrogen and oxygen atoms in total. The lowest BCUT2D eigenvalue weighted by Crippen LogP contribution is -2.26. The minimum Gasteiger partial charge on any atom is -0.395 e. The molecule has 0 saturated heterocycles. The highest BCUT2D eigenvalue weighted by Crippen LogP contribution is 2.42. The molecule has 0 aromatic heterocycles. The third-order valence-corrected chi connectivity index (χ3v) is 2.64. The average molecular weight is 282 g/mol. The smallest absolute Gasteiger partial charge is 0.395 e. The molecular formula is C11H14ClF2NO3. The molecule has 1 aliphatic heterocycles. The number of alkyl halides is 2. The number of fused-ring (bicyclic) bond motifs is 1. The van der Waals surface area contributed by atoms with Crippen LogP contribution in [0.1, 0.15) is 24.9 Å². The average Bonchev–Trinajstić information content (AvgIpc) is 2.59. The van der Waals surface area contributed by atoms with E-state index >= 15 is 0 Å². The number of halogens is 3. The largest absolute Gasteiger partial charge is 0.586 e. The minimum absolute atomic E-state index is 0. The second-order valence-electron chi connectivity index (χ2n) is 3.88. The summed E-state index contributed by atoms with van der Waals surface area (Å²) in [6, 6.07) is 3.61. The van der Waals surface area contributed by atoms with Crippen molar-refractivity contribution in [2.24, 2.45) is 5.73 Å². The van der Waals surface area contributed by atoms with Gasteiger partial charge in [-0.2, -0.15) is 0 Å². The summed E-state index contributed by atoms with van der Waals surface area (Å²) >= 11 is 0. The van der Waals surface area contributed by atoms with Crippen LogP contribution in [-0.4, -0.2) is 17.5 Å². The van der Waals surface area contributed by atoms with Gasteiger partial charge >= 0.3 is 6.29 Å². The molecule has 1 aromatic rings. The van der Waals surface area contributed by atoms with E-state index in [1.54, 1.807) is 6.92 Å². The van der Waals surface area contributed by atoms with Crippen molar-refractivity contribution in [3.63, 3.8) is 0 Å². The van der Waals surface area contributed by atoms with Gasteiger partial charge in [0.25, 0.3) is 0 Å². The molecule has 1 heterocycles. The lowest BCUT2D eigenvalue weighted by Gasteiger charge is -2.17. The van der Waals surface area contributed by atoms with Crippen LogP contribution in [0.25, 0.3) is 0 Å². The molecule has 0 spiro atoms. The molecule has 0 amide bonds. The first-order chi connectivity index (χ1) is 7.93. The summed E-state index contributed by atoms with van der Waals surface area (Å²) in [4.78, 5) is 0. The topological polar surface area (TPSA) is 64.7 Å². The van der Waals surface area contributed by atoms with Crippen LogP contribution in [0.3, 0.4) is 0 Å². The van der Waals surface area contributed by atoms with Crippen molar-refractivity contribution in [3.05, 3.63) is 23.8 Å². The normalized spacial score (nSPS) is 18.9. The van der Waals surface area contributed by atoms with Gasteiger partial charge in [0.1, 0.15) is 0 Å². The molecule has 1 aliphatic rings. The van der Waals surface area contributed by atoms with Crippen molar-refractivity contribution < 1.29 is 23.4 Å². The van der Waals surface area contributed by atoms with E-state index < -0.39 is 18.4 Å². The molecule has 3 N–H and O–H groups in total. The summed E-state index contributed by atoms with van der Waals surface area (Å²) in [5, 5.41) is 9.59. The number of ether oxygens (including phenoxy) is 2. The lowest BCUT2D eigenvalue weighted by molar-refractivity contribution is -0.286. The van der Waals surface area contributed by atoms with Gasteiger partial charge in [-0.3, -0.25) is 0 Å². The van der Waals surface area contributed by atoms with E-state index in [1.807, 2.05) is 0 Å². The van der Waals surface area contributed by atoms with E-state index in [-0.39, 0.29) is 23.9 Å². The quantitative estimate of drug-likeness (QED) is 0.891. The Bertz CT molecular complexity index is 431. The van der Waals surface area contributed by atoms with Crippen molar-refractivity contribution in [1.29, 1.82) is 0 Å². The lowest BCUT2D eigenvalue weighted by atomic mass is 10.0. The van der Waals surface area contributed by atoms with Gasteiger partial charge in [-0.15, -0.1) is 21.2 Å². The number of aliphatic hydroxyl groups excluding tert-OH is 1. The highest BCUT2D eigenvalue weighted by atomic mass is 35.5. The van der Waals surface area contributed by atoms with E-state index in [4.69, 9.17) is 5.73 Å². The van der Waals surface area contributed by atoms with Gasteiger partial charge < -0.3 is 20.3 Å². The third kappa shape index (κ3) is 2.82. The molecule has 102 valence electrons. The molecule has 1 aromatic carbocycles. The van der Waals surface area contributed by atoms with Gasteiger partial charge in [-0.25, -0.2) is 0 Å². The molecular weight excluding hydrogens is 268 g/mol. The van der Waals surface area contributed by atoms with Crippen LogP contribution in [-0.2, 0) is 0 Å². The summed E-state index contributed by atoms with van der Waals surface area (Å²) < 4.78 is 34.1. The van der Waals surface area contributed by atoms with E-state index in [9.17, 15) is 13.9 Å². The van der Waals surface area contributed by atoms with E-state index in [2.05, 4.69) is 9.47 Å². The van der Waals surface area contributed by atoms with E-state index in [1.165, 1.54) is 18.2 Å². The van der Waals surface area contributed by atoms with Crippen molar-refractivity contribution in [2.45, 2.75) is 31.8 Å². The van der Waals surface area contributed by atoms with Gasteiger partial charge in [-0.1, -0.05) is 13.0 Å². The van der Waals surface area contributed by atoms with Gasteiger partial charge in [0, 0.05) is 0 Å². The molecule has 0 aliphatic carbocycles. The number of aliphatic hydroxyl groups is 1. The molecule has 2 rings (SSSR count). The Morgan fingerprint density at radius 3 is 2.56 bits per heavy atom. The summed E-state index contributed by atoms with van der Waals surface area (Å²) in [6.07, 6.45) is -3.88. The SMILES string of the molecule is CC[C@@H](O)[C@@H](N)c1ccc2c(c1)OC(F)(F)O2.Cl. The zero-order valence-electron chi connectivity index (χ0n) is 9.60. The molecule has 7 heteroatoms. The van der Waals surface area contributed by atoms with Crippen LogP contribution in [0, 0.1) is 0 Å². The van der Waals surface area contributed by atoms with Gasteiger partial charge in [0.05, 0.1) is 12.1 Å². The second-order valence-corrected chi connectivity index (χ2v) is 3.88. The molecule has 0 bridgehead atoms. The molecule has 0 radical (unpaired) electrons. The number of hydrogen-bond donors (Lipinski definition) is 2. The maximum Gasteiger partial charge on any atom is 0.586 e. The predicted octanol–water partition coefficient (Wildman–Crippen LogP) is 2.20. The Kier molecular flexibility index (Phi) is 4.37. The van der Waals surface area contributed by atoms with Crippen molar-refractivity contribution >= 4 is 12.4 Å². The number of nitrogens with two attached hydrogens (primary N) is 1. The Labute approximate surface area is 109 Å². The summed E-state index contributed by atoms with van der Waals surface area (Å²) in [5.41, 5.74) is 6.30. The zero-order valence-corrected chi connectivity index (χ0v) is 10.4. The fourth-order valence-corrected chi connectivity index (χ4v) is 1.65. The highest BCUT2D eigenvalue weighted by molar-refractivity contribution is 5.85. The van der Waals surface area contributed by atoms with Gasteiger partial charge in [0.15, 0.2) is 11.5 Å². The zero-order chi connectivity index (χ0) is 12.6. The number of rotatable bonds is 3. The number of benzene rings is 1. The van der Waals surface area contributed by atoms with Crippen LogP contribution >= 0.6 is 12.4 Å². The minimum atomic E-state index is -3.63. The van der Waals surface area contributed by atoms with E-state index in [0.717, 1.165) is 0 Å². The predicted molar refractivity (Wildman–Crippen MR) is 63.1 cm³/mol. The molecule has 0 saturated carbocycles. The Balaban J connectivity index is 0.00000162. The van der Waals surface area contributed by atoms with Crippen LogP contribution in [0.2, 0.25) is 0 Å². The first-order valence-corrected chi connectivity index (χ1v) is 5.26. The first kappa shape index (κ1) is 14.9. The third-order valence-electron chi connectivity index (χ3n) is 2.64. The summed E-state index contributed by atoms with van der Waals surface area (Å²) in [5.74, 6) is -0.0943. The van der Waals surface area contributed by atoms with Crippen molar-refractivity contribution in [2.75, 3.05) is 0 Å². The maximum absolute atomic E-state index is 12.8. The fourth-order valence-electron chi connectivity index (χ4n) is 1.65. The van der Waals surface area contributed by atoms with Crippen LogP contribution in [0.4, 0.5) is 8.78 Å². The molecule has 2 atom stereocenters. The number of hydrogen-bond acceptors (Lipinski definition) is 4. The standard InChI is InChI=1S/C11H13F2NO3.ClH/c1-2-7(15)10(14)6-3-4-8-9(5-6)17-11(12,13)16-8;/h3-5,7,10,15H,2,14H2,1H3;1H/t7-,10+;/m1./s1. The first-order valence-electron chi connectivity index (χ1n) is 5.26. The highest BCUT2D eigenvalue weighted by Gasteiger charge is 2.43. The van der Waals surface area contributed by atoms with Gasteiger partial charge in [-0.05, 0) is 24.1 Å². The summed E-state index contributed by atoms with van der Waals surface area (Å²) in [6.45, 7) is 1.78. The van der Waals surface area contributed by atoms with Crippen LogP contribution < -0.4 is 15.2 Å². The Morgan fingerprint density at radius 2 is 1.94 bits per heavy atom. The van der Waals surface area contributed by atoms with Crippen LogP contribution in [0.5, 0.6) is 11.5 Å². The molecule has 0 unspecified atom stereocenters. The Morgan fingerprint density at radius 1 is 1.33 bits per heavy atom.